The van der Waals surface area contributed by atoms with Gasteiger partial charge in [-0.2, -0.15) is 0 Å². The van der Waals surface area contributed by atoms with E-state index in [-0.39, 0.29) is 0 Å². The molecule has 1 unspecified atom stereocenters. The van der Waals surface area contributed by atoms with Gasteiger partial charge < -0.3 is 10.1 Å². The number of ether oxygens (including phenoxy) is 1. The van der Waals surface area contributed by atoms with Crippen LogP contribution in [0.1, 0.15) is 44.7 Å². The first-order valence-electron chi connectivity index (χ1n) is 6.59. The highest BCUT2D eigenvalue weighted by atomic mass is 16.5. The minimum atomic E-state index is 0.388. The molecule has 0 radical (unpaired) electrons. The number of benzene rings is 1. The number of methoxy groups -OCH3 is 1. The Labute approximate surface area is 104 Å². The van der Waals surface area contributed by atoms with Crippen molar-refractivity contribution >= 4 is 0 Å². The van der Waals surface area contributed by atoms with Crippen molar-refractivity contribution in [3.05, 3.63) is 29.8 Å². The van der Waals surface area contributed by atoms with E-state index in [2.05, 4.69) is 37.4 Å². The minimum absolute atomic E-state index is 0.388. The van der Waals surface area contributed by atoms with E-state index in [1.54, 1.807) is 7.11 Å². The Bertz CT molecular complexity index is 360. The molecule has 1 aliphatic rings. The van der Waals surface area contributed by atoms with Gasteiger partial charge >= 0.3 is 0 Å². The van der Waals surface area contributed by atoms with Crippen LogP contribution in [0.5, 0.6) is 5.75 Å². The Balaban J connectivity index is 1.90. The van der Waals surface area contributed by atoms with E-state index in [0.29, 0.717) is 12.1 Å². The van der Waals surface area contributed by atoms with Crippen LogP contribution < -0.4 is 10.1 Å². The van der Waals surface area contributed by atoms with E-state index < -0.39 is 0 Å². The topological polar surface area (TPSA) is 21.3 Å². The standard InChI is InChI=1S/C15H23NO/c1-11(9-13-7-8-13)16-12(2)14-5-4-6-15(10-14)17-3/h4-6,10-13,16H,7-9H2,1-3H3/t11?,12-/m0/s1. The van der Waals surface area contributed by atoms with Crippen LogP contribution in [0, 0.1) is 5.92 Å². The van der Waals surface area contributed by atoms with Gasteiger partial charge in [0.2, 0.25) is 0 Å². The summed E-state index contributed by atoms with van der Waals surface area (Å²) in [5.41, 5.74) is 1.30. The SMILES string of the molecule is COc1cccc([C@H](C)NC(C)CC2CC2)c1. The molecule has 2 atom stereocenters. The number of hydrogen-bond acceptors (Lipinski definition) is 2. The number of rotatable bonds is 6. The van der Waals surface area contributed by atoms with Gasteiger partial charge in [-0.25, -0.2) is 0 Å². The second-order valence-electron chi connectivity index (χ2n) is 5.25. The van der Waals surface area contributed by atoms with Gasteiger partial charge in [0.05, 0.1) is 7.11 Å². The maximum Gasteiger partial charge on any atom is 0.119 e. The smallest absolute Gasteiger partial charge is 0.119 e. The van der Waals surface area contributed by atoms with Crippen molar-refractivity contribution in [2.75, 3.05) is 7.11 Å². The monoisotopic (exact) mass is 233 g/mol. The molecule has 0 aromatic heterocycles. The fourth-order valence-electron chi connectivity index (χ4n) is 2.36. The molecule has 1 N–H and O–H groups in total. The lowest BCUT2D eigenvalue weighted by atomic mass is 10.1. The van der Waals surface area contributed by atoms with Crippen LogP contribution in [0.25, 0.3) is 0 Å². The summed E-state index contributed by atoms with van der Waals surface area (Å²) in [7, 11) is 1.72. The molecule has 1 aromatic rings. The Kier molecular flexibility index (Phi) is 4.06. The molecule has 1 aromatic carbocycles. The predicted molar refractivity (Wildman–Crippen MR) is 71.3 cm³/mol. The summed E-state index contributed by atoms with van der Waals surface area (Å²) in [5, 5.41) is 3.66. The zero-order valence-corrected chi connectivity index (χ0v) is 11.1. The fraction of sp³-hybridized carbons (Fsp3) is 0.600. The van der Waals surface area contributed by atoms with Crippen molar-refractivity contribution in [2.24, 2.45) is 5.92 Å². The highest BCUT2D eigenvalue weighted by Crippen LogP contribution is 2.33. The largest absolute Gasteiger partial charge is 0.497 e. The van der Waals surface area contributed by atoms with E-state index in [0.717, 1.165) is 11.7 Å². The van der Waals surface area contributed by atoms with Crippen LogP contribution in [0.4, 0.5) is 0 Å². The molecule has 0 heterocycles. The van der Waals surface area contributed by atoms with E-state index in [9.17, 15) is 0 Å². The Morgan fingerprint density at radius 3 is 2.76 bits per heavy atom. The van der Waals surface area contributed by atoms with E-state index in [4.69, 9.17) is 4.74 Å². The van der Waals surface area contributed by atoms with Crippen molar-refractivity contribution < 1.29 is 4.74 Å². The summed E-state index contributed by atoms with van der Waals surface area (Å²) in [6.07, 6.45) is 4.17. The molecule has 0 bridgehead atoms. The van der Waals surface area contributed by atoms with Crippen LogP contribution in [-0.2, 0) is 0 Å². The average molecular weight is 233 g/mol. The summed E-state index contributed by atoms with van der Waals surface area (Å²) in [6.45, 7) is 4.51. The van der Waals surface area contributed by atoms with Crippen molar-refractivity contribution in [1.82, 2.24) is 5.32 Å². The molecule has 1 saturated carbocycles. The second-order valence-corrected chi connectivity index (χ2v) is 5.25. The van der Waals surface area contributed by atoms with Gasteiger partial charge in [-0.15, -0.1) is 0 Å². The molecule has 2 heteroatoms. The lowest BCUT2D eigenvalue weighted by molar-refractivity contribution is 0.410. The summed E-state index contributed by atoms with van der Waals surface area (Å²) < 4.78 is 5.26. The molecule has 94 valence electrons. The Morgan fingerprint density at radius 1 is 1.35 bits per heavy atom. The quantitative estimate of drug-likeness (QED) is 0.811. The average Bonchev–Trinajstić information content (AvgIpc) is 3.12. The van der Waals surface area contributed by atoms with Gasteiger partial charge in [0.25, 0.3) is 0 Å². The molecule has 1 fully saturated rings. The summed E-state index contributed by atoms with van der Waals surface area (Å²) >= 11 is 0. The third-order valence-corrected chi connectivity index (χ3v) is 3.51. The van der Waals surface area contributed by atoms with Gasteiger partial charge in [0.15, 0.2) is 0 Å². The highest BCUT2D eigenvalue weighted by Gasteiger charge is 2.24. The molecule has 2 nitrogen and oxygen atoms in total. The summed E-state index contributed by atoms with van der Waals surface area (Å²) in [4.78, 5) is 0. The van der Waals surface area contributed by atoms with Gasteiger partial charge in [-0.3, -0.25) is 0 Å². The van der Waals surface area contributed by atoms with Gasteiger partial charge in [-0.1, -0.05) is 25.0 Å². The lowest BCUT2D eigenvalue weighted by Gasteiger charge is -2.20. The molecule has 0 amide bonds. The van der Waals surface area contributed by atoms with Crippen LogP contribution in [-0.4, -0.2) is 13.2 Å². The maximum atomic E-state index is 5.26. The third-order valence-electron chi connectivity index (χ3n) is 3.51. The highest BCUT2D eigenvalue weighted by molar-refractivity contribution is 5.30. The van der Waals surface area contributed by atoms with Crippen molar-refractivity contribution in [3.63, 3.8) is 0 Å². The van der Waals surface area contributed by atoms with Crippen LogP contribution in [0.2, 0.25) is 0 Å². The van der Waals surface area contributed by atoms with Gasteiger partial charge in [0.1, 0.15) is 5.75 Å². The number of hydrogen-bond donors (Lipinski definition) is 1. The molecule has 0 aliphatic heterocycles. The van der Waals surface area contributed by atoms with Gasteiger partial charge in [0, 0.05) is 12.1 Å². The molecule has 2 rings (SSSR count). The first kappa shape index (κ1) is 12.4. The zero-order valence-electron chi connectivity index (χ0n) is 11.1. The molecular weight excluding hydrogens is 210 g/mol. The maximum absolute atomic E-state index is 5.26. The van der Waals surface area contributed by atoms with Crippen LogP contribution in [0.3, 0.4) is 0 Å². The van der Waals surface area contributed by atoms with Crippen molar-refractivity contribution in [1.29, 1.82) is 0 Å². The van der Waals surface area contributed by atoms with Crippen LogP contribution in [0.15, 0.2) is 24.3 Å². The van der Waals surface area contributed by atoms with E-state index >= 15 is 0 Å². The van der Waals surface area contributed by atoms with E-state index in [1.165, 1.54) is 24.8 Å². The third kappa shape index (κ3) is 3.74. The first-order chi connectivity index (χ1) is 8.19. The van der Waals surface area contributed by atoms with E-state index in [1.807, 2.05) is 6.07 Å². The Morgan fingerprint density at radius 2 is 2.12 bits per heavy atom. The predicted octanol–water partition coefficient (Wildman–Crippen LogP) is 3.53. The molecule has 0 spiro atoms. The summed E-state index contributed by atoms with van der Waals surface area (Å²) in [5.74, 6) is 1.92. The lowest BCUT2D eigenvalue weighted by Crippen LogP contribution is -2.29. The normalized spacial score (nSPS) is 18.8. The van der Waals surface area contributed by atoms with Crippen molar-refractivity contribution in [2.45, 2.75) is 45.2 Å². The first-order valence-corrected chi connectivity index (χ1v) is 6.59. The number of nitrogens with one attached hydrogen (secondary N) is 1. The molecule has 17 heavy (non-hydrogen) atoms. The molecule has 0 saturated heterocycles. The molecular formula is C15H23NO. The van der Waals surface area contributed by atoms with Crippen LogP contribution >= 0.6 is 0 Å². The van der Waals surface area contributed by atoms with Gasteiger partial charge in [-0.05, 0) is 43.9 Å². The zero-order chi connectivity index (χ0) is 12.3. The van der Waals surface area contributed by atoms with Crippen molar-refractivity contribution in [3.8, 4) is 5.75 Å². The summed E-state index contributed by atoms with van der Waals surface area (Å²) in [6, 6.07) is 9.30. The molecule has 1 aliphatic carbocycles. The minimum Gasteiger partial charge on any atom is -0.497 e. The fourth-order valence-corrected chi connectivity index (χ4v) is 2.36. The second kappa shape index (κ2) is 5.54. The Hall–Kier alpha value is -1.02.